The average molecular weight is 494 g/mol. The molecule has 2 unspecified atom stereocenters. The SMILES string of the molecule is C=C(OC(=O)CC(O)C[P+](=O)O)c1c(C2CC2)nc(-c2ccccc2)c(C)c1-c1ccc(F)cc1. The molecule has 0 radical (unpaired) electrons. The van der Waals surface area contributed by atoms with Crippen molar-refractivity contribution in [3.05, 3.63) is 83.8 Å². The molecule has 180 valence electrons. The summed E-state index contributed by atoms with van der Waals surface area (Å²) in [5, 5.41) is 9.87. The van der Waals surface area contributed by atoms with Crippen molar-refractivity contribution in [2.24, 2.45) is 0 Å². The van der Waals surface area contributed by atoms with E-state index < -0.39 is 32.7 Å². The number of halogens is 1. The molecular weight excluding hydrogens is 468 g/mol. The first kappa shape index (κ1) is 24.9. The lowest BCUT2D eigenvalue weighted by Gasteiger charge is -2.21. The van der Waals surface area contributed by atoms with E-state index in [0.29, 0.717) is 5.56 Å². The first-order valence-corrected chi connectivity index (χ1v) is 12.7. The molecule has 0 spiro atoms. The molecule has 6 nitrogen and oxygen atoms in total. The van der Waals surface area contributed by atoms with E-state index in [1.165, 1.54) is 12.1 Å². The number of aromatic nitrogens is 1. The van der Waals surface area contributed by atoms with E-state index in [1.54, 1.807) is 12.1 Å². The van der Waals surface area contributed by atoms with Gasteiger partial charge in [0.25, 0.3) is 0 Å². The Balaban J connectivity index is 1.81. The molecule has 1 heterocycles. The van der Waals surface area contributed by atoms with Crippen LogP contribution in [0.2, 0.25) is 0 Å². The van der Waals surface area contributed by atoms with Crippen LogP contribution in [0, 0.1) is 12.7 Å². The average Bonchev–Trinajstić information content (AvgIpc) is 3.64. The minimum absolute atomic E-state index is 0.0759. The summed E-state index contributed by atoms with van der Waals surface area (Å²) in [5.41, 5.74) is 5.37. The topological polar surface area (TPSA) is 96.7 Å². The number of carbonyl (C=O) groups is 1. The number of benzene rings is 2. The minimum atomic E-state index is -2.58. The summed E-state index contributed by atoms with van der Waals surface area (Å²) in [6.07, 6.45) is -0.298. The molecule has 0 bridgehead atoms. The normalized spacial score (nSPS) is 14.3. The van der Waals surface area contributed by atoms with Crippen molar-refractivity contribution in [2.45, 2.75) is 38.2 Å². The fourth-order valence-corrected chi connectivity index (χ4v) is 4.64. The lowest BCUT2D eigenvalue weighted by molar-refractivity contribution is -0.138. The van der Waals surface area contributed by atoms with Crippen LogP contribution in [0.1, 0.15) is 42.0 Å². The predicted octanol–water partition coefficient (Wildman–Crippen LogP) is 5.74. The third-order valence-corrected chi connectivity index (χ3v) is 6.63. The second-order valence-corrected chi connectivity index (χ2v) is 9.73. The molecule has 8 heteroatoms. The predicted molar refractivity (Wildman–Crippen MR) is 132 cm³/mol. The maximum atomic E-state index is 13.7. The van der Waals surface area contributed by atoms with Crippen LogP contribution in [0.25, 0.3) is 28.1 Å². The number of nitrogens with zero attached hydrogens (tertiary/aromatic N) is 1. The first-order valence-electron chi connectivity index (χ1n) is 11.3. The number of ether oxygens (including phenoxy) is 1. The fraction of sp³-hybridized carbons (Fsp3) is 0.259. The van der Waals surface area contributed by atoms with Crippen molar-refractivity contribution in [1.29, 1.82) is 0 Å². The Morgan fingerprint density at radius 3 is 2.43 bits per heavy atom. The molecule has 1 fully saturated rings. The number of hydrogen-bond acceptors (Lipinski definition) is 5. The number of esters is 1. The fourth-order valence-electron chi connectivity index (χ4n) is 4.15. The third-order valence-electron chi connectivity index (χ3n) is 5.90. The van der Waals surface area contributed by atoms with Gasteiger partial charge in [0.15, 0.2) is 0 Å². The lowest BCUT2D eigenvalue weighted by Crippen LogP contribution is -2.18. The van der Waals surface area contributed by atoms with E-state index in [0.717, 1.165) is 46.5 Å². The number of pyridine rings is 1. The summed E-state index contributed by atoms with van der Waals surface area (Å²) in [4.78, 5) is 26.5. The molecule has 2 aromatic carbocycles. The Morgan fingerprint density at radius 2 is 1.83 bits per heavy atom. The molecule has 1 aliphatic rings. The molecule has 35 heavy (non-hydrogen) atoms. The van der Waals surface area contributed by atoms with Gasteiger partial charge in [-0.05, 0) is 53.2 Å². The molecule has 0 aliphatic heterocycles. The van der Waals surface area contributed by atoms with Gasteiger partial charge in [0, 0.05) is 17.0 Å². The highest BCUT2D eigenvalue weighted by atomic mass is 31.1. The number of aliphatic hydroxyl groups is 1. The minimum Gasteiger partial charge on any atom is -0.426 e. The monoisotopic (exact) mass is 494 g/mol. The van der Waals surface area contributed by atoms with E-state index in [9.17, 15) is 18.9 Å². The Labute approximate surface area is 204 Å². The Hall–Kier alpha value is -3.25. The van der Waals surface area contributed by atoms with Crippen molar-refractivity contribution in [3.63, 3.8) is 0 Å². The molecule has 0 saturated heterocycles. The van der Waals surface area contributed by atoms with E-state index in [4.69, 9.17) is 14.6 Å². The number of aliphatic hydroxyl groups excluding tert-OH is 1. The first-order chi connectivity index (χ1) is 16.7. The van der Waals surface area contributed by atoms with Gasteiger partial charge in [0.1, 0.15) is 17.7 Å². The van der Waals surface area contributed by atoms with Gasteiger partial charge in [-0.3, -0.25) is 9.78 Å². The molecule has 1 saturated carbocycles. The summed E-state index contributed by atoms with van der Waals surface area (Å²) in [7, 11) is -2.58. The van der Waals surface area contributed by atoms with Crippen LogP contribution in [0.5, 0.6) is 0 Å². The van der Waals surface area contributed by atoms with Crippen molar-refractivity contribution >= 4 is 19.8 Å². The highest BCUT2D eigenvalue weighted by molar-refractivity contribution is 7.38. The zero-order chi connectivity index (χ0) is 25.1. The van der Waals surface area contributed by atoms with Crippen LogP contribution in [-0.4, -0.2) is 33.2 Å². The molecule has 1 aromatic heterocycles. The summed E-state index contributed by atoms with van der Waals surface area (Å²) >= 11 is 0. The standard InChI is InChI=1S/C27H25FNO5P/c1-16-24(18-10-12-21(28)13-11-18)25(17(2)34-23(31)14-22(30)15-35(32)33)27(20-8-9-20)29-26(16)19-6-4-3-5-7-19/h3-7,10-13,20,22,30H,2,8-9,14-15H2,1H3/p+1. The van der Waals surface area contributed by atoms with Gasteiger partial charge < -0.3 is 9.84 Å². The third kappa shape index (κ3) is 5.88. The second-order valence-electron chi connectivity index (χ2n) is 8.66. The Kier molecular flexibility index (Phi) is 7.51. The van der Waals surface area contributed by atoms with Crippen LogP contribution in [-0.2, 0) is 14.1 Å². The van der Waals surface area contributed by atoms with Crippen LogP contribution >= 0.6 is 8.03 Å². The van der Waals surface area contributed by atoms with Gasteiger partial charge in [0.2, 0.25) is 6.16 Å². The van der Waals surface area contributed by atoms with Gasteiger partial charge in [-0.1, -0.05) is 49.0 Å². The molecule has 1 aliphatic carbocycles. The van der Waals surface area contributed by atoms with Crippen LogP contribution in [0.3, 0.4) is 0 Å². The van der Waals surface area contributed by atoms with Gasteiger partial charge in [-0.15, -0.1) is 0 Å². The van der Waals surface area contributed by atoms with Crippen LogP contribution in [0.4, 0.5) is 4.39 Å². The van der Waals surface area contributed by atoms with Crippen molar-refractivity contribution in [3.8, 4) is 22.4 Å². The smallest absolute Gasteiger partial charge is 0.426 e. The van der Waals surface area contributed by atoms with E-state index in [1.807, 2.05) is 37.3 Å². The van der Waals surface area contributed by atoms with Crippen molar-refractivity contribution in [1.82, 2.24) is 4.98 Å². The van der Waals surface area contributed by atoms with Crippen molar-refractivity contribution in [2.75, 3.05) is 6.16 Å². The highest BCUT2D eigenvalue weighted by Gasteiger charge is 2.33. The van der Waals surface area contributed by atoms with Gasteiger partial charge in [-0.25, -0.2) is 4.39 Å². The zero-order valence-electron chi connectivity index (χ0n) is 19.3. The highest BCUT2D eigenvalue weighted by Crippen LogP contribution is 2.47. The summed E-state index contributed by atoms with van der Waals surface area (Å²) in [6.45, 7) is 5.93. The summed E-state index contributed by atoms with van der Waals surface area (Å²) in [5.74, 6) is -0.885. The number of carbonyl (C=O) groups excluding carboxylic acids is 1. The second kappa shape index (κ2) is 10.6. The van der Waals surface area contributed by atoms with Gasteiger partial charge in [0.05, 0.1) is 17.8 Å². The van der Waals surface area contributed by atoms with E-state index in [2.05, 4.69) is 6.58 Å². The largest absolute Gasteiger partial charge is 0.508 e. The Bertz CT molecular complexity index is 1270. The van der Waals surface area contributed by atoms with E-state index >= 15 is 0 Å². The quantitative estimate of drug-likeness (QED) is 0.224. The van der Waals surface area contributed by atoms with E-state index in [-0.39, 0.29) is 17.5 Å². The number of rotatable bonds is 9. The summed E-state index contributed by atoms with van der Waals surface area (Å²) in [6, 6.07) is 15.8. The molecular formula is C27H26FNO5P+. The number of hydrogen-bond donors (Lipinski definition) is 2. The summed E-state index contributed by atoms with van der Waals surface area (Å²) < 4.78 is 30.2. The van der Waals surface area contributed by atoms with Gasteiger partial charge >= 0.3 is 14.0 Å². The zero-order valence-corrected chi connectivity index (χ0v) is 20.2. The molecule has 4 rings (SSSR count). The van der Waals surface area contributed by atoms with Crippen molar-refractivity contribution < 1.29 is 28.5 Å². The molecule has 2 atom stereocenters. The molecule has 3 aromatic rings. The Morgan fingerprint density at radius 1 is 1.17 bits per heavy atom. The molecule has 0 amide bonds. The maximum absolute atomic E-state index is 13.7. The lowest BCUT2D eigenvalue weighted by atomic mass is 9.89. The maximum Gasteiger partial charge on any atom is 0.508 e. The van der Waals surface area contributed by atoms with Crippen LogP contribution < -0.4 is 0 Å². The van der Waals surface area contributed by atoms with Crippen LogP contribution in [0.15, 0.2) is 61.2 Å². The molecule has 2 N–H and O–H groups in total. The van der Waals surface area contributed by atoms with Gasteiger partial charge in [-0.2, -0.15) is 4.89 Å².